The normalized spacial score (nSPS) is 11.1. The smallest absolute Gasteiger partial charge is 0.266 e. The number of ether oxygens (including phenoxy) is 1. The van der Waals surface area contributed by atoms with E-state index in [1.165, 1.54) is 11.8 Å². The highest BCUT2D eigenvalue weighted by Crippen LogP contribution is 2.29. The van der Waals surface area contributed by atoms with E-state index in [1.807, 2.05) is 43.3 Å². The number of hydrogen-bond acceptors (Lipinski definition) is 7. The van der Waals surface area contributed by atoms with Crippen LogP contribution in [0, 0.1) is 13.8 Å². The molecular weight excluding hydrogens is 376 g/mol. The monoisotopic (exact) mass is 394 g/mol. The molecule has 0 radical (unpaired) electrons. The minimum atomic E-state index is -0.154. The predicted molar refractivity (Wildman–Crippen MR) is 107 cm³/mol. The van der Waals surface area contributed by atoms with Gasteiger partial charge in [-0.25, -0.2) is 4.98 Å². The maximum absolute atomic E-state index is 13.3. The summed E-state index contributed by atoms with van der Waals surface area (Å²) in [5, 5.41) is 8.94. The summed E-state index contributed by atoms with van der Waals surface area (Å²) >= 11 is 1.36. The van der Waals surface area contributed by atoms with Gasteiger partial charge in [0, 0.05) is 6.92 Å². The van der Waals surface area contributed by atoms with Crippen LogP contribution >= 0.6 is 11.8 Å². The van der Waals surface area contributed by atoms with Crippen LogP contribution in [0.2, 0.25) is 0 Å². The molecule has 0 fully saturated rings. The number of rotatable bonds is 5. The van der Waals surface area contributed by atoms with Crippen molar-refractivity contribution in [3.63, 3.8) is 0 Å². The zero-order chi connectivity index (χ0) is 19.7. The molecule has 0 amide bonds. The van der Waals surface area contributed by atoms with E-state index >= 15 is 0 Å². The molecule has 0 saturated heterocycles. The molecule has 0 aliphatic heterocycles. The van der Waals surface area contributed by atoms with Gasteiger partial charge in [-0.2, -0.15) is 0 Å². The van der Waals surface area contributed by atoms with Gasteiger partial charge in [0.1, 0.15) is 5.75 Å². The van der Waals surface area contributed by atoms with Crippen molar-refractivity contribution >= 4 is 22.7 Å². The van der Waals surface area contributed by atoms with Crippen molar-refractivity contribution < 1.29 is 9.15 Å². The first-order chi connectivity index (χ1) is 13.6. The molecular formula is C20H18N4O3S. The molecule has 0 aliphatic carbocycles. The van der Waals surface area contributed by atoms with E-state index in [2.05, 4.69) is 10.2 Å². The highest BCUT2D eigenvalue weighted by Gasteiger charge is 2.17. The third kappa shape index (κ3) is 3.38. The number of thioether (sulfide) groups is 1. The molecule has 2 aromatic heterocycles. The van der Waals surface area contributed by atoms with Gasteiger partial charge >= 0.3 is 0 Å². The molecule has 142 valence electrons. The number of hydrogen-bond donors (Lipinski definition) is 0. The first-order valence-electron chi connectivity index (χ1n) is 8.65. The molecule has 0 saturated carbocycles. The van der Waals surface area contributed by atoms with E-state index in [1.54, 1.807) is 24.7 Å². The average molecular weight is 394 g/mol. The molecule has 0 N–H and O–H groups in total. The summed E-state index contributed by atoms with van der Waals surface area (Å²) in [4.78, 5) is 18.1. The number of para-hydroxylation sites is 1. The Bertz CT molecular complexity index is 1220. The molecule has 2 aromatic carbocycles. The molecule has 0 aliphatic rings. The average Bonchev–Trinajstić information content (AvgIpc) is 3.12. The highest BCUT2D eigenvalue weighted by atomic mass is 32.2. The maximum Gasteiger partial charge on any atom is 0.266 e. The molecule has 7 nitrogen and oxygen atoms in total. The standard InChI is InChI=1S/C20H18N4O3S/c1-12-8-9-17(26-3)16(10-12)24-19(25)14-6-4-5-7-15(14)21-20(24)28-11-18-23-22-13(2)27-18/h4-10H,11H2,1-3H3. The second kappa shape index (κ2) is 7.47. The van der Waals surface area contributed by atoms with Gasteiger partial charge in [-0.05, 0) is 36.8 Å². The molecule has 4 aromatic rings. The van der Waals surface area contributed by atoms with Gasteiger partial charge in [0.15, 0.2) is 5.16 Å². The summed E-state index contributed by atoms with van der Waals surface area (Å²) in [5.41, 5.74) is 2.15. The van der Waals surface area contributed by atoms with Crippen molar-refractivity contribution in [3.05, 3.63) is 70.2 Å². The quantitative estimate of drug-likeness (QED) is 0.377. The van der Waals surface area contributed by atoms with Gasteiger partial charge in [0.25, 0.3) is 5.56 Å². The van der Waals surface area contributed by atoms with Crippen LogP contribution in [0.1, 0.15) is 17.3 Å². The zero-order valence-electron chi connectivity index (χ0n) is 15.7. The predicted octanol–water partition coefficient (Wildman–Crippen LogP) is 3.69. The Morgan fingerprint density at radius 3 is 2.71 bits per heavy atom. The first-order valence-corrected chi connectivity index (χ1v) is 9.64. The number of aromatic nitrogens is 4. The fraction of sp³-hybridized carbons (Fsp3) is 0.200. The van der Waals surface area contributed by atoms with Crippen LogP contribution in [-0.2, 0) is 5.75 Å². The molecule has 8 heteroatoms. The second-order valence-electron chi connectivity index (χ2n) is 6.23. The number of methoxy groups -OCH3 is 1. The van der Waals surface area contributed by atoms with Crippen molar-refractivity contribution in [1.29, 1.82) is 0 Å². The lowest BCUT2D eigenvalue weighted by Crippen LogP contribution is -2.22. The topological polar surface area (TPSA) is 83.0 Å². The van der Waals surface area contributed by atoms with Crippen molar-refractivity contribution in [3.8, 4) is 11.4 Å². The van der Waals surface area contributed by atoms with E-state index in [4.69, 9.17) is 14.1 Å². The summed E-state index contributed by atoms with van der Waals surface area (Å²) in [6.45, 7) is 3.71. The van der Waals surface area contributed by atoms with Crippen LogP contribution in [-0.4, -0.2) is 26.9 Å². The third-order valence-electron chi connectivity index (χ3n) is 4.21. The Kier molecular flexibility index (Phi) is 4.87. The van der Waals surface area contributed by atoms with Gasteiger partial charge in [-0.3, -0.25) is 9.36 Å². The van der Waals surface area contributed by atoms with E-state index in [0.717, 1.165) is 5.56 Å². The Labute approximate surface area is 165 Å². The van der Waals surface area contributed by atoms with Crippen molar-refractivity contribution in [1.82, 2.24) is 19.7 Å². The van der Waals surface area contributed by atoms with Gasteiger partial charge in [0.2, 0.25) is 11.8 Å². The second-order valence-corrected chi connectivity index (χ2v) is 7.17. The SMILES string of the molecule is COc1ccc(C)cc1-n1c(SCc2nnc(C)o2)nc2ccccc2c1=O. The van der Waals surface area contributed by atoms with Crippen LogP contribution < -0.4 is 10.3 Å². The van der Waals surface area contributed by atoms with Crippen LogP contribution in [0.4, 0.5) is 0 Å². The summed E-state index contributed by atoms with van der Waals surface area (Å²) in [7, 11) is 1.59. The summed E-state index contributed by atoms with van der Waals surface area (Å²) in [6, 6.07) is 13.0. The Balaban J connectivity index is 1.91. The van der Waals surface area contributed by atoms with Crippen LogP contribution in [0.25, 0.3) is 16.6 Å². The molecule has 4 rings (SSSR count). The summed E-state index contributed by atoms with van der Waals surface area (Å²) in [6.07, 6.45) is 0. The molecule has 0 unspecified atom stereocenters. The van der Waals surface area contributed by atoms with Gasteiger partial charge < -0.3 is 9.15 Å². The lowest BCUT2D eigenvalue weighted by atomic mass is 10.2. The van der Waals surface area contributed by atoms with Crippen LogP contribution in [0.15, 0.2) is 56.8 Å². The summed E-state index contributed by atoms with van der Waals surface area (Å²) in [5.74, 6) is 1.98. The lowest BCUT2D eigenvalue weighted by Gasteiger charge is -2.16. The Morgan fingerprint density at radius 2 is 1.96 bits per heavy atom. The summed E-state index contributed by atoms with van der Waals surface area (Å²) < 4.78 is 12.5. The van der Waals surface area contributed by atoms with E-state index in [0.29, 0.717) is 45.0 Å². The van der Waals surface area contributed by atoms with Gasteiger partial charge in [-0.15, -0.1) is 10.2 Å². The molecule has 0 bridgehead atoms. The maximum atomic E-state index is 13.3. The zero-order valence-corrected chi connectivity index (χ0v) is 16.5. The minimum absolute atomic E-state index is 0.154. The molecule has 2 heterocycles. The molecule has 0 spiro atoms. The van der Waals surface area contributed by atoms with Gasteiger partial charge in [-0.1, -0.05) is 30.0 Å². The van der Waals surface area contributed by atoms with Crippen LogP contribution in [0.3, 0.4) is 0 Å². The van der Waals surface area contributed by atoms with Gasteiger partial charge in [0.05, 0.1) is 29.5 Å². The van der Waals surface area contributed by atoms with Crippen molar-refractivity contribution in [2.24, 2.45) is 0 Å². The molecule has 0 atom stereocenters. The third-order valence-corrected chi connectivity index (χ3v) is 5.14. The Morgan fingerprint density at radius 1 is 1.14 bits per heavy atom. The first kappa shape index (κ1) is 18.2. The number of fused-ring (bicyclic) bond motifs is 1. The van der Waals surface area contributed by atoms with Crippen LogP contribution in [0.5, 0.6) is 5.75 Å². The van der Waals surface area contributed by atoms with Crippen molar-refractivity contribution in [2.75, 3.05) is 7.11 Å². The van der Waals surface area contributed by atoms with E-state index in [-0.39, 0.29) is 5.56 Å². The number of benzene rings is 2. The Hall–Kier alpha value is -3.13. The fourth-order valence-corrected chi connectivity index (χ4v) is 3.76. The largest absolute Gasteiger partial charge is 0.495 e. The highest BCUT2D eigenvalue weighted by molar-refractivity contribution is 7.98. The van der Waals surface area contributed by atoms with E-state index < -0.39 is 0 Å². The minimum Gasteiger partial charge on any atom is -0.495 e. The lowest BCUT2D eigenvalue weighted by molar-refractivity contribution is 0.411. The fourth-order valence-electron chi connectivity index (χ4n) is 2.92. The number of aryl methyl sites for hydroxylation is 2. The van der Waals surface area contributed by atoms with Crippen molar-refractivity contribution in [2.45, 2.75) is 24.8 Å². The van der Waals surface area contributed by atoms with E-state index in [9.17, 15) is 4.79 Å². The molecule has 28 heavy (non-hydrogen) atoms. The number of nitrogens with zero attached hydrogens (tertiary/aromatic N) is 4.